The van der Waals surface area contributed by atoms with Crippen LogP contribution in [0.15, 0.2) is 410 Å². The van der Waals surface area contributed by atoms with Crippen LogP contribution in [0.2, 0.25) is 0 Å². The zero-order valence-corrected chi connectivity index (χ0v) is 60.8. The molecule has 0 amide bonds. The number of para-hydroxylation sites is 1. The fraction of sp³-hybridized carbons (Fsp3) is 0. The molecule has 0 bridgehead atoms. The molecule has 0 N–H and O–H groups in total. The lowest BCUT2D eigenvalue weighted by Crippen LogP contribution is -2.10. The summed E-state index contributed by atoms with van der Waals surface area (Å²) >= 11 is 0. The molecule has 0 aliphatic heterocycles. The maximum atomic E-state index is 6.72. The fourth-order valence-electron chi connectivity index (χ4n) is 16.2. The monoisotopic (exact) mass is 1450 g/mol. The summed E-state index contributed by atoms with van der Waals surface area (Å²) in [6.45, 7) is 0. The highest BCUT2D eigenvalue weighted by Crippen LogP contribution is 2.48. The van der Waals surface area contributed by atoms with Gasteiger partial charge in [0.1, 0.15) is 44.5 Å². The highest BCUT2D eigenvalue weighted by Gasteiger charge is 2.25. The molecule has 113 heavy (non-hydrogen) atoms. The van der Waals surface area contributed by atoms with Crippen LogP contribution in [-0.4, -0.2) is 9.97 Å². The second-order valence-corrected chi connectivity index (χ2v) is 28.8. The molecule has 17 aromatic carbocycles. The number of oxazole rings is 2. The van der Waals surface area contributed by atoms with Crippen molar-refractivity contribution in [2.45, 2.75) is 0 Å². The van der Waals surface area contributed by atoms with Crippen molar-refractivity contribution in [3.63, 3.8) is 0 Å². The molecule has 0 aliphatic carbocycles. The van der Waals surface area contributed by atoms with E-state index in [-0.39, 0.29) is 0 Å². The number of rotatable bonds is 15. The first kappa shape index (κ1) is 64.8. The van der Waals surface area contributed by atoms with Crippen molar-refractivity contribution in [1.82, 2.24) is 9.97 Å². The Labute approximate surface area is 649 Å². The van der Waals surface area contributed by atoms with Crippen LogP contribution in [0.25, 0.3) is 189 Å². The number of hydrogen-bond donors (Lipinski definition) is 0. The van der Waals surface area contributed by atoms with Gasteiger partial charge in [-0.25, -0.2) is 9.97 Å². The van der Waals surface area contributed by atoms with E-state index in [2.05, 4.69) is 356 Å². The van der Waals surface area contributed by atoms with Crippen LogP contribution in [0.1, 0.15) is 0 Å². The third-order valence-electron chi connectivity index (χ3n) is 22.0. The highest BCUT2D eigenvalue weighted by atomic mass is 16.4. The normalized spacial score (nSPS) is 11.7. The Morgan fingerprint density at radius 3 is 1.01 bits per heavy atom. The first-order valence-electron chi connectivity index (χ1n) is 37.9. The van der Waals surface area contributed by atoms with E-state index < -0.39 is 0 Å². The Bertz CT molecular complexity index is 7370. The lowest BCUT2D eigenvalue weighted by Gasteiger charge is -2.26. The van der Waals surface area contributed by atoms with Crippen LogP contribution in [0, 0.1) is 0 Å². The molecule has 0 radical (unpaired) electrons. The third-order valence-corrected chi connectivity index (χ3v) is 22.0. The molecule has 0 fully saturated rings. The van der Waals surface area contributed by atoms with Crippen LogP contribution >= 0.6 is 0 Å². The largest absolute Gasteiger partial charge is 0.456 e. The molecular weight excluding hydrogens is 1390 g/mol. The smallest absolute Gasteiger partial charge is 0.227 e. The molecule has 5 heterocycles. The average Bonchev–Trinajstić information content (AvgIpc) is 1.43. The Hall–Kier alpha value is -15.3. The lowest BCUT2D eigenvalue weighted by molar-refractivity contribution is 0.617. The summed E-state index contributed by atoms with van der Waals surface area (Å²) in [6.07, 6.45) is 0. The number of anilines is 6. The molecule has 9 nitrogen and oxygen atoms in total. The summed E-state index contributed by atoms with van der Waals surface area (Å²) in [5, 5.41) is 5.99. The van der Waals surface area contributed by atoms with E-state index in [1.165, 1.54) is 11.1 Å². The van der Waals surface area contributed by atoms with Gasteiger partial charge in [0.15, 0.2) is 11.2 Å². The maximum absolute atomic E-state index is 6.72. The zero-order valence-electron chi connectivity index (χ0n) is 60.8. The Kier molecular flexibility index (Phi) is 15.4. The van der Waals surface area contributed by atoms with E-state index in [1.54, 1.807) is 0 Å². The quantitative estimate of drug-likeness (QED) is 0.0994. The number of furan rings is 3. The second-order valence-electron chi connectivity index (χ2n) is 28.8. The van der Waals surface area contributed by atoms with Gasteiger partial charge in [0.05, 0.1) is 11.1 Å². The number of benzene rings is 17. The minimum absolute atomic E-state index is 0.528. The molecule has 9 heteroatoms. The minimum atomic E-state index is 0.528. The van der Waals surface area contributed by atoms with E-state index in [9.17, 15) is 0 Å². The van der Waals surface area contributed by atoms with Gasteiger partial charge in [0.25, 0.3) is 0 Å². The zero-order chi connectivity index (χ0) is 74.5. The lowest BCUT2D eigenvalue weighted by atomic mass is 9.96. The molecular formula is C104H64N4O5. The molecule has 5 aromatic heterocycles. The number of fused-ring (bicyclic) bond motifs is 11. The molecule has 530 valence electrons. The first-order chi connectivity index (χ1) is 55.9. The van der Waals surface area contributed by atoms with Crippen LogP contribution in [0.4, 0.5) is 34.1 Å². The summed E-state index contributed by atoms with van der Waals surface area (Å²) in [4.78, 5) is 14.8. The van der Waals surface area contributed by atoms with Gasteiger partial charge in [-0.05, 0) is 211 Å². The van der Waals surface area contributed by atoms with Crippen molar-refractivity contribution in [2.75, 3.05) is 9.80 Å². The number of hydrogen-bond acceptors (Lipinski definition) is 9. The standard InChI is InChI=1S/C104H64N4O5/c1-4-15-65(16-5-1)68-29-31-70(32-30-68)72-41-47-81(48-42-72)107(84-54-56-95-88(59-84)89-61-91-100(63-98(89)110-95)112-103(105-91)75-37-33-69(34-38-75)66-17-6-2-7-18-66)82-49-45-74(46-50-82)78-22-13-24-80(58-78)79-23-12-21-77(57-79)73-35-39-76(40-36-73)104-106-92-62-90-99(64-101(92)113-104)111-96-28-14-26-93(102(90)96)108(83-51-43-71(44-52-83)67-19-8-3-9-20-67)85-53-55-87-86-25-10-11-27-94(86)109-97(87)60-85/h1-64H. The molecule has 22 aromatic rings. The van der Waals surface area contributed by atoms with Crippen molar-refractivity contribution < 1.29 is 22.1 Å². The number of nitrogens with zero attached hydrogens (tertiary/aromatic N) is 4. The second kappa shape index (κ2) is 26.8. The van der Waals surface area contributed by atoms with E-state index in [0.717, 1.165) is 183 Å². The summed E-state index contributed by atoms with van der Waals surface area (Å²) < 4.78 is 32.8. The third kappa shape index (κ3) is 11.7. The van der Waals surface area contributed by atoms with Gasteiger partial charge in [-0.3, -0.25) is 0 Å². The first-order valence-corrected chi connectivity index (χ1v) is 37.9. The summed E-state index contributed by atoms with van der Waals surface area (Å²) in [7, 11) is 0. The van der Waals surface area contributed by atoms with E-state index in [1.807, 2.05) is 42.5 Å². The van der Waals surface area contributed by atoms with Crippen LogP contribution < -0.4 is 9.80 Å². The molecule has 0 spiro atoms. The van der Waals surface area contributed by atoms with Crippen LogP contribution in [0.3, 0.4) is 0 Å². The molecule has 0 atom stereocenters. The van der Waals surface area contributed by atoms with Gasteiger partial charge in [-0.2, -0.15) is 0 Å². The minimum Gasteiger partial charge on any atom is -0.456 e. The van der Waals surface area contributed by atoms with E-state index in [0.29, 0.717) is 28.5 Å². The summed E-state index contributed by atoms with van der Waals surface area (Å²) in [5.74, 6) is 1.09. The Balaban J connectivity index is 0.548. The van der Waals surface area contributed by atoms with Gasteiger partial charge in [-0.1, -0.05) is 237 Å². The van der Waals surface area contributed by atoms with Gasteiger partial charge < -0.3 is 31.9 Å². The van der Waals surface area contributed by atoms with Crippen molar-refractivity contribution >= 4 is 122 Å². The summed E-state index contributed by atoms with van der Waals surface area (Å²) in [5.41, 5.74) is 31.0. The maximum Gasteiger partial charge on any atom is 0.227 e. The van der Waals surface area contributed by atoms with Gasteiger partial charge in [0.2, 0.25) is 11.8 Å². The van der Waals surface area contributed by atoms with E-state index in [4.69, 9.17) is 32.1 Å². The molecule has 0 unspecified atom stereocenters. The van der Waals surface area contributed by atoms with Crippen LogP contribution in [-0.2, 0) is 0 Å². The predicted octanol–water partition coefficient (Wildman–Crippen LogP) is 29.6. The van der Waals surface area contributed by atoms with Gasteiger partial charge in [0, 0.05) is 84.7 Å². The predicted molar refractivity (Wildman–Crippen MR) is 462 cm³/mol. The number of aromatic nitrogens is 2. The Morgan fingerprint density at radius 2 is 0.496 bits per heavy atom. The van der Waals surface area contributed by atoms with Crippen molar-refractivity contribution in [3.8, 4) is 101 Å². The van der Waals surface area contributed by atoms with Gasteiger partial charge in [-0.15, -0.1) is 0 Å². The topological polar surface area (TPSA) is 98.0 Å². The van der Waals surface area contributed by atoms with Crippen molar-refractivity contribution in [2.24, 2.45) is 0 Å². The fourth-order valence-corrected chi connectivity index (χ4v) is 16.2. The Morgan fingerprint density at radius 1 is 0.168 bits per heavy atom. The van der Waals surface area contributed by atoms with Crippen LogP contribution in [0.5, 0.6) is 0 Å². The van der Waals surface area contributed by atoms with E-state index >= 15 is 0 Å². The average molecular weight is 1450 g/mol. The van der Waals surface area contributed by atoms with Gasteiger partial charge >= 0.3 is 0 Å². The van der Waals surface area contributed by atoms with Crippen molar-refractivity contribution in [1.29, 1.82) is 0 Å². The van der Waals surface area contributed by atoms with Crippen molar-refractivity contribution in [3.05, 3.63) is 388 Å². The molecule has 0 saturated carbocycles. The SMILES string of the molecule is c1ccc(-c2ccc(-c3ccc(N(c4ccc(-c5cccc(-c6cccc(-c7ccc(-c8nc9cc%10c(cc9o8)oc8cccc(N(c9ccc(-c%11ccccc%11)cc9)c9ccc%11c(c9)oc9ccccc9%11)c8%10)cc7)c6)c5)cc4)c4ccc5oc6cc7oc(-c8ccc(-c9ccccc9)cc8)nc7cc6c5c4)cc3)cc2)cc1. The summed E-state index contributed by atoms with van der Waals surface area (Å²) in [6, 6.07) is 136. The molecule has 0 aliphatic rings. The highest BCUT2D eigenvalue weighted by molar-refractivity contribution is 6.17. The molecule has 22 rings (SSSR count). The molecule has 0 saturated heterocycles.